The summed E-state index contributed by atoms with van der Waals surface area (Å²) in [6.45, 7) is 0.854. The van der Waals surface area contributed by atoms with Crippen LogP contribution in [0, 0.1) is 17.8 Å². The summed E-state index contributed by atoms with van der Waals surface area (Å²) in [5, 5.41) is 3.09. The third-order valence-corrected chi connectivity index (χ3v) is 4.99. The Bertz CT molecular complexity index is 460. The summed E-state index contributed by atoms with van der Waals surface area (Å²) in [4.78, 5) is 12.0. The Balaban J connectivity index is 1.56. The molecule has 1 amide bonds. The standard InChI is InChI=1S/C15H18BrNO/c16-14-3-1-2-12(8-14)15(18)17-9-13-7-10-4-5-11(13)6-10/h1-3,8,10-11,13H,4-7,9H2,(H,17,18)/t10-,11-,13+/m1/s1. The highest BCUT2D eigenvalue weighted by molar-refractivity contribution is 9.10. The number of carbonyl (C=O) groups excluding carboxylic acids is 1. The Kier molecular flexibility index (Phi) is 3.42. The topological polar surface area (TPSA) is 29.1 Å². The number of rotatable bonds is 3. The Hall–Kier alpha value is -0.830. The van der Waals surface area contributed by atoms with E-state index in [-0.39, 0.29) is 5.91 Å². The summed E-state index contributed by atoms with van der Waals surface area (Å²) >= 11 is 3.39. The predicted molar refractivity (Wildman–Crippen MR) is 75.4 cm³/mol. The molecule has 0 aromatic heterocycles. The first-order chi connectivity index (χ1) is 8.72. The molecule has 3 heteroatoms. The minimum absolute atomic E-state index is 0.0547. The summed E-state index contributed by atoms with van der Waals surface area (Å²) in [5.41, 5.74) is 0.743. The van der Waals surface area contributed by atoms with Crippen molar-refractivity contribution in [2.45, 2.75) is 25.7 Å². The SMILES string of the molecule is O=C(NC[C@@H]1C[C@@H]2CC[C@@H]1C2)c1cccc(Br)c1. The Morgan fingerprint density at radius 1 is 1.33 bits per heavy atom. The summed E-state index contributed by atoms with van der Waals surface area (Å²) in [6, 6.07) is 7.57. The van der Waals surface area contributed by atoms with Gasteiger partial charge in [0.15, 0.2) is 0 Å². The predicted octanol–water partition coefficient (Wildman–Crippen LogP) is 3.62. The van der Waals surface area contributed by atoms with Crippen molar-refractivity contribution in [2.24, 2.45) is 17.8 Å². The minimum Gasteiger partial charge on any atom is -0.352 e. The summed E-state index contributed by atoms with van der Waals surface area (Å²) in [5.74, 6) is 2.60. The van der Waals surface area contributed by atoms with E-state index in [1.54, 1.807) is 0 Å². The van der Waals surface area contributed by atoms with Crippen molar-refractivity contribution in [1.82, 2.24) is 5.32 Å². The average molecular weight is 308 g/mol. The smallest absolute Gasteiger partial charge is 0.251 e. The van der Waals surface area contributed by atoms with Gasteiger partial charge in [0.05, 0.1) is 0 Å². The number of halogens is 1. The lowest BCUT2D eigenvalue weighted by Crippen LogP contribution is -2.31. The van der Waals surface area contributed by atoms with E-state index in [4.69, 9.17) is 0 Å². The summed E-state index contributed by atoms with van der Waals surface area (Å²) < 4.78 is 0.954. The maximum Gasteiger partial charge on any atom is 0.251 e. The molecular weight excluding hydrogens is 290 g/mol. The van der Waals surface area contributed by atoms with Crippen molar-refractivity contribution in [2.75, 3.05) is 6.54 Å². The molecule has 0 spiro atoms. The van der Waals surface area contributed by atoms with E-state index in [9.17, 15) is 4.79 Å². The van der Waals surface area contributed by atoms with Crippen LogP contribution in [0.1, 0.15) is 36.0 Å². The van der Waals surface area contributed by atoms with Crippen molar-refractivity contribution in [3.63, 3.8) is 0 Å². The fourth-order valence-corrected chi connectivity index (χ4v) is 3.98. The van der Waals surface area contributed by atoms with Gasteiger partial charge in [-0.2, -0.15) is 0 Å². The molecule has 18 heavy (non-hydrogen) atoms. The van der Waals surface area contributed by atoms with Crippen LogP contribution in [0.4, 0.5) is 0 Å². The van der Waals surface area contributed by atoms with Gasteiger partial charge in [0.1, 0.15) is 0 Å². The number of amides is 1. The van der Waals surface area contributed by atoms with Crippen molar-refractivity contribution in [1.29, 1.82) is 0 Å². The van der Waals surface area contributed by atoms with E-state index in [1.807, 2.05) is 24.3 Å². The van der Waals surface area contributed by atoms with Gasteiger partial charge in [-0.1, -0.05) is 28.4 Å². The van der Waals surface area contributed by atoms with Crippen LogP contribution in [-0.4, -0.2) is 12.5 Å². The lowest BCUT2D eigenvalue weighted by Gasteiger charge is -2.21. The zero-order chi connectivity index (χ0) is 12.5. The lowest BCUT2D eigenvalue weighted by atomic mass is 9.89. The summed E-state index contributed by atoms with van der Waals surface area (Å²) in [6.07, 6.45) is 5.52. The van der Waals surface area contributed by atoms with E-state index < -0.39 is 0 Å². The number of benzene rings is 1. The van der Waals surface area contributed by atoms with Gasteiger partial charge in [-0.15, -0.1) is 0 Å². The molecule has 0 radical (unpaired) electrons. The molecule has 0 heterocycles. The van der Waals surface area contributed by atoms with Gasteiger partial charge in [-0.3, -0.25) is 4.79 Å². The highest BCUT2D eigenvalue weighted by atomic mass is 79.9. The monoisotopic (exact) mass is 307 g/mol. The van der Waals surface area contributed by atoms with Crippen molar-refractivity contribution < 1.29 is 4.79 Å². The van der Waals surface area contributed by atoms with Gasteiger partial charge in [0.25, 0.3) is 5.91 Å². The van der Waals surface area contributed by atoms with Crippen LogP contribution in [0.3, 0.4) is 0 Å². The first-order valence-corrected chi connectivity index (χ1v) is 7.55. The second-order valence-corrected chi connectivity index (χ2v) is 6.57. The normalized spacial score (nSPS) is 29.5. The number of nitrogens with one attached hydrogen (secondary N) is 1. The maximum absolute atomic E-state index is 12.0. The van der Waals surface area contributed by atoms with Crippen LogP contribution < -0.4 is 5.32 Å². The highest BCUT2D eigenvalue weighted by Gasteiger charge is 2.39. The van der Waals surface area contributed by atoms with Crippen LogP contribution in [0.2, 0.25) is 0 Å². The van der Waals surface area contributed by atoms with Gasteiger partial charge in [0.2, 0.25) is 0 Å². The van der Waals surface area contributed by atoms with E-state index in [1.165, 1.54) is 25.7 Å². The van der Waals surface area contributed by atoms with Crippen LogP contribution >= 0.6 is 15.9 Å². The molecule has 2 bridgehead atoms. The first kappa shape index (κ1) is 12.2. The fraction of sp³-hybridized carbons (Fsp3) is 0.533. The van der Waals surface area contributed by atoms with Crippen molar-refractivity contribution in [3.05, 3.63) is 34.3 Å². The lowest BCUT2D eigenvalue weighted by molar-refractivity contribution is 0.0941. The van der Waals surface area contributed by atoms with Crippen LogP contribution in [0.25, 0.3) is 0 Å². The second-order valence-electron chi connectivity index (χ2n) is 5.66. The van der Waals surface area contributed by atoms with E-state index >= 15 is 0 Å². The molecule has 1 aromatic rings. The Labute approximate surface area is 116 Å². The molecule has 0 aliphatic heterocycles. The molecule has 1 N–H and O–H groups in total. The molecule has 2 aliphatic rings. The van der Waals surface area contributed by atoms with Crippen molar-refractivity contribution >= 4 is 21.8 Å². The molecule has 3 atom stereocenters. The van der Waals surface area contributed by atoms with Crippen LogP contribution in [0.15, 0.2) is 28.7 Å². The zero-order valence-electron chi connectivity index (χ0n) is 10.4. The first-order valence-electron chi connectivity index (χ1n) is 6.76. The average Bonchev–Trinajstić information content (AvgIpc) is 2.98. The molecule has 96 valence electrons. The van der Waals surface area contributed by atoms with Gasteiger partial charge < -0.3 is 5.32 Å². The largest absolute Gasteiger partial charge is 0.352 e. The number of fused-ring (bicyclic) bond motifs is 2. The molecule has 1 aromatic carbocycles. The van der Waals surface area contributed by atoms with Crippen molar-refractivity contribution in [3.8, 4) is 0 Å². The molecule has 2 aliphatic carbocycles. The second kappa shape index (κ2) is 5.04. The molecule has 0 unspecified atom stereocenters. The highest BCUT2D eigenvalue weighted by Crippen LogP contribution is 2.47. The number of hydrogen-bond donors (Lipinski definition) is 1. The molecule has 0 saturated heterocycles. The van der Waals surface area contributed by atoms with E-state index in [0.29, 0.717) is 0 Å². The maximum atomic E-state index is 12.0. The van der Waals surface area contributed by atoms with Gasteiger partial charge in [-0.05, 0) is 55.2 Å². The zero-order valence-corrected chi connectivity index (χ0v) is 11.9. The number of hydrogen-bond acceptors (Lipinski definition) is 1. The van der Waals surface area contributed by atoms with Gasteiger partial charge in [0, 0.05) is 16.6 Å². The minimum atomic E-state index is 0.0547. The third kappa shape index (κ3) is 2.46. The fourth-order valence-electron chi connectivity index (χ4n) is 3.58. The Morgan fingerprint density at radius 3 is 2.89 bits per heavy atom. The Morgan fingerprint density at radius 2 is 2.22 bits per heavy atom. The van der Waals surface area contributed by atoms with Crippen LogP contribution in [-0.2, 0) is 0 Å². The molecule has 2 fully saturated rings. The molecule has 3 rings (SSSR count). The van der Waals surface area contributed by atoms with E-state index in [2.05, 4.69) is 21.2 Å². The number of carbonyl (C=O) groups is 1. The quantitative estimate of drug-likeness (QED) is 0.908. The van der Waals surface area contributed by atoms with Gasteiger partial charge >= 0.3 is 0 Å². The van der Waals surface area contributed by atoms with Crippen LogP contribution in [0.5, 0.6) is 0 Å². The molecule has 2 saturated carbocycles. The molecule has 2 nitrogen and oxygen atoms in total. The third-order valence-electron chi connectivity index (χ3n) is 4.50. The van der Waals surface area contributed by atoms with Gasteiger partial charge in [-0.25, -0.2) is 0 Å². The summed E-state index contributed by atoms with van der Waals surface area (Å²) in [7, 11) is 0. The molecular formula is C15H18BrNO. The van der Waals surface area contributed by atoms with E-state index in [0.717, 1.165) is 34.3 Å².